The van der Waals surface area contributed by atoms with Crippen molar-refractivity contribution in [3.05, 3.63) is 150 Å². The maximum absolute atomic E-state index is 4.85. The molecule has 36 heavy (non-hydrogen) atoms. The first-order chi connectivity index (χ1) is 17.9. The molecule has 1 heterocycles. The molecule has 0 fully saturated rings. The van der Waals surface area contributed by atoms with E-state index in [1.54, 1.807) is 0 Å². The van der Waals surface area contributed by atoms with E-state index in [9.17, 15) is 0 Å². The average molecular weight is 464 g/mol. The molecular formula is C33H25N3. The smallest absolute Gasteiger partial charge is 0.0652 e. The molecule has 0 N–H and O–H groups in total. The van der Waals surface area contributed by atoms with Crippen LogP contribution in [-0.2, 0) is 0 Å². The molecule has 172 valence electrons. The van der Waals surface area contributed by atoms with Crippen LogP contribution in [-0.4, -0.2) is 6.21 Å². The average Bonchev–Trinajstić information content (AvgIpc) is 3.12. The standard InChI is InChI=1S/C33H25N3/c1-3-13-30(14-4-1)36(31-15-5-2-6-16-31)34-25-26-19-23-29(24-20-26)35-32-17-9-7-11-27(32)21-22-28-12-8-10-18-33(28)35/h1-25H. The molecule has 5 aromatic rings. The highest BCUT2D eigenvalue weighted by atomic mass is 15.5. The predicted molar refractivity (Wildman–Crippen MR) is 153 cm³/mol. The Hall–Kier alpha value is -4.89. The van der Waals surface area contributed by atoms with E-state index in [0.29, 0.717) is 0 Å². The Balaban J connectivity index is 1.34. The quantitative estimate of drug-likeness (QED) is 0.188. The fraction of sp³-hybridized carbons (Fsp3) is 0. The molecule has 0 bridgehead atoms. The highest BCUT2D eigenvalue weighted by Crippen LogP contribution is 2.41. The first-order valence-electron chi connectivity index (χ1n) is 12.1. The molecule has 0 saturated heterocycles. The van der Waals surface area contributed by atoms with E-state index in [2.05, 4.69) is 114 Å². The number of anilines is 5. The van der Waals surface area contributed by atoms with Gasteiger partial charge in [-0.15, -0.1) is 0 Å². The zero-order valence-corrected chi connectivity index (χ0v) is 19.8. The van der Waals surface area contributed by atoms with Gasteiger partial charge >= 0.3 is 0 Å². The van der Waals surface area contributed by atoms with Crippen LogP contribution >= 0.6 is 0 Å². The summed E-state index contributed by atoms with van der Waals surface area (Å²) >= 11 is 0. The summed E-state index contributed by atoms with van der Waals surface area (Å²) in [6.07, 6.45) is 6.30. The SMILES string of the molecule is C1=Cc2ccccc2N(c2ccc(C=NN(c3ccccc3)c3ccccc3)cc2)c2ccccc21. The fourth-order valence-electron chi connectivity index (χ4n) is 4.51. The highest BCUT2D eigenvalue weighted by Gasteiger charge is 2.19. The number of hydrazone groups is 1. The summed E-state index contributed by atoms with van der Waals surface area (Å²) in [5, 5.41) is 6.81. The lowest BCUT2D eigenvalue weighted by Crippen LogP contribution is -2.11. The van der Waals surface area contributed by atoms with Crippen molar-refractivity contribution in [2.24, 2.45) is 5.10 Å². The number of hydrogen-bond donors (Lipinski definition) is 0. The molecular weight excluding hydrogens is 438 g/mol. The van der Waals surface area contributed by atoms with Gasteiger partial charge in [-0.05, 0) is 65.2 Å². The molecule has 3 heteroatoms. The van der Waals surface area contributed by atoms with E-state index in [0.717, 1.165) is 22.6 Å². The number of nitrogens with zero attached hydrogens (tertiary/aromatic N) is 3. The Morgan fingerprint density at radius 1 is 0.500 bits per heavy atom. The molecule has 0 saturated carbocycles. The molecule has 1 aliphatic rings. The molecule has 1 aliphatic heterocycles. The third-order valence-corrected chi connectivity index (χ3v) is 6.27. The molecule has 0 unspecified atom stereocenters. The lowest BCUT2D eigenvalue weighted by molar-refractivity contribution is 1.09. The van der Waals surface area contributed by atoms with Gasteiger partial charge in [0.05, 0.1) is 29.0 Å². The maximum Gasteiger partial charge on any atom is 0.0652 e. The molecule has 0 aliphatic carbocycles. The second-order valence-corrected chi connectivity index (χ2v) is 8.61. The predicted octanol–water partition coefficient (Wildman–Crippen LogP) is 8.81. The van der Waals surface area contributed by atoms with Crippen LogP contribution in [0.25, 0.3) is 12.2 Å². The van der Waals surface area contributed by atoms with Gasteiger partial charge < -0.3 is 4.90 Å². The van der Waals surface area contributed by atoms with Crippen molar-refractivity contribution >= 4 is 46.8 Å². The van der Waals surface area contributed by atoms with Gasteiger partial charge in [-0.2, -0.15) is 5.10 Å². The minimum atomic E-state index is 1.02. The summed E-state index contributed by atoms with van der Waals surface area (Å²) in [5.41, 5.74) is 8.90. The van der Waals surface area contributed by atoms with Gasteiger partial charge in [0.15, 0.2) is 0 Å². The van der Waals surface area contributed by atoms with Crippen LogP contribution in [0.15, 0.2) is 139 Å². The van der Waals surface area contributed by atoms with Crippen molar-refractivity contribution in [2.45, 2.75) is 0 Å². The molecule has 0 radical (unpaired) electrons. The third kappa shape index (κ3) is 4.30. The summed E-state index contributed by atoms with van der Waals surface area (Å²) in [7, 11) is 0. The van der Waals surface area contributed by atoms with Gasteiger partial charge in [0.2, 0.25) is 0 Å². The maximum atomic E-state index is 4.85. The first kappa shape index (κ1) is 21.6. The Kier molecular flexibility index (Phi) is 5.87. The molecule has 3 nitrogen and oxygen atoms in total. The van der Waals surface area contributed by atoms with Gasteiger partial charge in [0.1, 0.15) is 0 Å². The van der Waals surface area contributed by atoms with E-state index in [4.69, 9.17) is 5.10 Å². The largest absolute Gasteiger partial charge is 0.309 e. The normalized spacial score (nSPS) is 12.2. The second kappa shape index (κ2) is 9.77. The van der Waals surface area contributed by atoms with E-state index in [1.165, 1.54) is 22.5 Å². The lowest BCUT2D eigenvalue weighted by Gasteiger charge is -2.27. The van der Waals surface area contributed by atoms with E-state index < -0.39 is 0 Å². The summed E-state index contributed by atoms with van der Waals surface area (Å²) in [4.78, 5) is 2.33. The molecule has 0 spiro atoms. The van der Waals surface area contributed by atoms with Gasteiger partial charge in [-0.25, -0.2) is 5.01 Å². The minimum absolute atomic E-state index is 1.02. The van der Waals surface area contributed by atoms with Crippen LogP contribution < -0.4 is 9.91 Å². The van der Waals surface area contributed by atoms with Crippen molar-refractivity contribution < 1.29 is 0 Å². The summed E-state index contributed by atoms with van der Waals surface area (Å²) in [5.74, 6) is 0. The molecule has 5 aromatic carbocycles. The number of para-hydroxylation sites is 4. The monoisotopic (exact) mass is 463 g/mol. The van der Waals surface area contributed by atoms with Gasteiger partial charge in [0, 0.05) is 5.69 Å². The minimum Gasteiger partial charge on any atom is -0.309 e. The summed E-state index contributed by atoms with van der Waals surface area (Å²) in [6.45, 7) is 0. The summed E-state index contributed by atoms with van der Waals surface area (Å²) < 4.78 is 0. The Morgan fingerprint density at radius 3 is 1.50 bits per heavy atom. The Morgan fingerprint density at radius 2 is 0.972 bits per heavy atom. The molecule has 0 aromatic heterocycles. The fourth-order valence-corrected chi connectivity index (χ4v) is 4.51. The van der Waals surface area contributed by atoms with Crippen LogP contribution in [0, 0.1) is 0 Å². The van der Waals surface area contributed by atoms with Crippen LogP contribution in [0.4, 0.5) is 28.4 Å². The van der Waals surface area contributed by atoms with Crippen LogP contribution in [0.3, 0.4) is 0 Å². The van der Waals surface area contributed by atoms with Crippen LogP contribution in [0.1, 0.15) is 16.7 Å². The van der Waals surface area contributed by atoms with E-state index >= 15 is 0 Å². The highest BCUT2D eigenvalue weighted by molar-refractivity contribution is 5.93. The van der Waals surface area contributed by atoms with Crippen molar-refractivity contribution in [3.63, 3.8) is 0 Å². The van der Waals surface area contributed by atoms with E-state index in [1.807, 2.05) is 47.6 Å². The topological polar surface area (TPSA) is 18.8 Å². The van der Waals surface area contributed by atoms with Crippen LogP contribution in [0.2, 0.25) is 0 Å². The van der Waals surface area contributed by atoms with Gasteiger partial charge in [-0.1, -0.05) is 97.1 Å². The van der Waals surface area contributed by atoms with Crippen molar-refractivity contribution in [3.8, 4) is 0 Å². The lowest BCUT2D eigenvalue weighted by atomic mass is 10.1. The van der Waals surface area contributed by atoms with Gasteiger partial charge in [0.25, 0.3) is 0 Å². The molecule has 6 rings (SSSR count). The van der Waals surface area contributed by atoms with Crippen molar-refractivity contribution in [2.75, 3.05) is 9.91 Å². The first-order valence-corrected chi connectivity index (χ1v) is 12.1. The zero-order valence-electron chi connectivity index (χ0n) is 19.8. The van der Waals surface area contributed by atoms with Gasteiger partial charge in [-0.3, -0.25) is 0 Å². The summed E-state index contributed by atoms with van der Waals surface area (Å²) in [6, 6.07) is 46.0. The van der Waals surface area contributed by atoms with Crippen molar-refractivity contribution in [1.82, 2.24) is 0 Å². The van der Waals surface area contributed by atoms with Crippen molar-refractivity contribution in [1.29, 1.82) is 0 Å². The third-order valence-electron chi connectivity index (χ3n) is 6.27. The second-order valence-electron chi connectivity index (χ2n) is 8.61. The number of fused-ring (bicyclic) bond motifs is 2. The molecule has 0 amide bonds. The number of hydrogen-bond acceptors (Lipinski definition) is 3. The number of benzene rings is 5. The number of rotatable bonds is 5. The Labute approximate surface area is 211 Å². The Bertz CT molecular complexity index is 1430. The molecule has 0 atom stereocenters. The van der Waals surface area contributed by atoms with Crippen LogP contribution in [0.5, 0.6) is 0 Å². The zero-order chi connectivity index (χ0) is 24.2. The van der Waals surface area contributed by atoms with E-state index in [-0.39, 0.29) is 0 Å².